The van der Waals surface area contributed by atoms with Gasteiger partial charge in [-0.05, 0) is 36.2 Å². The zero-order chi connectivity index (χ0) is 17.2. The number of hydrogen-bond acceptors (Lipinski definition) is 2. The summed E-state index contributed by atoms with van der Waals surface area (Å²) in [6.45, 7) is 1.01. The van der Waals surface area contributed by atoms with Crippen molar-refractivity contribution in [3.05, 3.63) is 70.8 Å². The fourth-order valence-corrected chi connectivity index (χ4v) is 2.99. The molecule has 2 aromatic carbocycles. The van der Waals surface area contributed by atoms with Gasteiger partial charge in [0.1, 0.15) is 0 Å². The largest absolute Gasteiger partial charge is 0.417 e. The lowest BCUT2D eigenvalue weighted by Gasteiger charge is -2.27. The van der Waals surface area contributed by atoms with Crippen LogP contribution < -0.4 is 10.6 Å². The van der Waals surface area contributed by atoms with E-state index in [4.69, 9.17) is 0 Å². The summed E-state index contributed by atoms with van der Waals surface area (Å²) in [7, 11) is 0. The summed E-state index contributed by atoms with van der Waals surface area (Å²) in [5.41, 5.74) is 1.01. The monoisotopic (exact) mass is 370 g/mol. The van der Waals surface area contributed by atoms with E-state index in [1.165, 1.54) is 23.8 Å². The minimum atomic E-state index is -4.55. The highest BCUT2D eigenvalue weighted by molar-refractivity contribution is 5.95. The van der Waals surface area contributed by atoms with Crippen molar-refractivity contribution < 1.29 is 18.0 Å². The van der Waals surface area contributed by atoms with E-state index in [9.17, 15) is 18.0 Å². The molecule has 0 saturated carbocycles. The molecule has 0 spiro atoms. The molecule has 0 aliphatic carbocycles. The normalized spacial score (nSPS) is 16.5. The molecule has 1 heterocycles. The van der Waals surface area contributed by atoms with Gasteiger partial charge in [-0.1, -0.05) is 36.4 Å². The van der Waals surface area contributed by atoms with Gasteiger partial charge < -0.3 is 10.6 Å². The van der Waals surface area contributed by atoms with Crippen molar-refractivity contribution in [3.63, 3.8) is 0 Å². The molecule has 0 bridgehead atoms. The topological polar surface area (TPSA) is 41.1 Å². The summed E-state index contributed by atoms with van der Waals surface area (Å²) in [6.07, 6.45) is -3.65. The van der Waals surface area contributed by atoms with Crippen LogP contribution in [0, 0.1) is 0 Å². The molecule has 7 heteroatoms. The number of hydrogen-bond donors (Lipinski definition) is 2. The lowest BCUT2D eigenvalue weighted by Crippen LogP contribution is -2.39. The Hall–Kier alpha value is -2.05. The highest BCUT2D eigenvalue weighted by Crippen LogP contribution is 2.31. The Morgan fingerprint density at radius 2 is 1.80 bits per heavy atom. The van der Waals surface area contributed by atoms with E-state index in [2.05, 4.69) is 10.6 Å². The Bertz CT molecular complexity index is 749. The maximum absolute atomic E-state index is 13.0. The third-order valence-electron chi connectivity index (χ3n) is 4.16. The van der Waals surface area contributed by atoms with Gasteiger partial charge in [0.15, 0.2) is 0 Å². The van der Waals surface area contributed by atoms with Crippen LogP contribution in [0.2, 0.25) is 0 Å². The summed E-state index contributed by atoms with van der Waals surface area (Å²) in [6, 6.07) is 12.6. The molecule has 1 atom stereocenters. The number of carbonyl (C=O) groups excluding carboxylic acids is 1. The molecule has 25 heavy (non-hydrogen) atoms. The van der Waals surface area contributed by atoms with Crippen molar-refractivity contribution in [1.82, 2.24) is 10.6 Å². The number of alkyl halides is 3. The van der Waals surface area contributed by atoms with Gasteiger partial charge in [0.05, 0.1) is 11.1 Å². The fourth-order valence-electron chi connectivity index (χ4n) is 2.99. The summed E-state index contributed by atoms with van der Waals surface area (Å²) in [5, 5.41) is 5.91. The first-order valence-electron chi connectivity index (χ1n) is 7.72. The molecular formula is C18H18ClF3N2O. The van der Waals surface area contributed by atoms with E-state index in [-0.39, 0.29) is 30.6 Å². The molecule has 1 amide bonds. The molecule has 0 radical (unpaired) electrons. The molecule has 0 saturated heterocycles. The maximum atomic E-state index is 13.0. The number of fused-ring (bicyclic) bond motifs is 1. The van der Waals surface area contributed by atoms with Gasteiger partial charge in [-0.3, -0.25) is 4.79 Å². The lowest BCUT2D eigenvalue weighted by atomic mass is 9.94. The van der Waals surface area contributed by atoms with Gasteiger partial charge in [0.2, 0.25) is 0 Å². The van der Waals surface area contributed by atoms with Gasteiger partial charge in [0.25, 0.3) is 5.91 Å². The number of amides is 1. The first-order chi connectivity index (χ1) is 11.5. The van der Waals surface area contributed by atoms with Crippen LogP contribution in [0.1, 0.15) is 33.1 Å². The summed E-state index contributed by atoms with van der Waals surface area (Å²) >= 11 is 0. The molecule has 2 aromatic rings. The van der Waals surface area contributed by atoms with Crippen LogP contribution in [0.5, 0.6) is 0 Å². The van der Waals surface area contributed by atoms with Crippen LogP contribution in [0.3, 0.4) is 0 Å². The van der Waals surface area contributed by atoms with Gasteiger partial charge in [0, 0.05) is 12.6 Å². The van der Waals surface area contributed by atoms with E-state index in [0.717, 1.165) is 24.6 Å². The Morgan fingerprint density at radius 1 is 1.12 bits per heavy atom. The number of benzene rings is 2. The number of halogens is 4. The minimum absolute atomic E-state index is 0. The van der Waals surface area contributed by atoms with E-state index >= 15 is 0 Å². The first-order valence-corrected chi connectivity index (χ1v) is 7.72. The van der Waals surface area contributed by atoms with Crippen molar-refractivity contribution in [3.8, 4) is 0 Å². The van der Waals surface area contributed by atoms with Crippen molar-refractivity contribution in [1.29, 1.82) is 0 Å². The Balaban J connectivity index is 0.00000225. The average molecular weight is 371 g/mol. The second-order valence-corrected chi connectivity index (χ2v) is 5.71. The van der Waals surface area contributed by atoms with E-state index < -0.39 is 17.6 Å². The Labute approximate surface area is 150 Å². The molecule has 3 rings (SSSR count). The van der Waals surface area contributed by atoms with Crippen LogP contribution in [-0.2, 0) is 12.6 Å². The van der Waals surface area contributed by atoms with Crippen molar-refractivity contribution >= 4 is 18.3 Å². The van der Waals surface area contributed by atoms with Crippen molar-refractivity contribution in [2.45, 2.75) is 18.6 Å². The Morgan fingerprint density at radius 3 is 2.56 bits per heavy atom. The van der Waals surface area contributed by atoms with Crippen LogP contribution in [-0.4, -0.2) is 19.0 Å². The third-order valence-corrected chi connectivity index (χ3v) is 4.16. The second kappa shape index (κ2) is 7.89. The predicted molar refractivity (Wildman–Crippen MR) is 91.9 cm³/mol. The predicted octanol–water partition coefficient (Wildman–Crippen LogP) is 3.74. The molecular weight excluding hydrogens is 353 g/mol. The van der Waals surface area contributed by atoms with Crippen LogP contribution >= 0.6 is 12.4 Å². The molecule has 1 aliphatic heterocycles. The summed E-state index contributed by atoms with van der Waals surface area (Å²) in [4.78, 5) is 12.2. The Kier molecular flexibility index (Phi) is 6.08. The smallest absolute Gasteiger partial charge is 0.350 e. The molecule has 134 valence electrons. The van der Waals surface area contributed by atoms with E-state index in [0.29, 0.717) is 0 Å². The molecule has 0 aromatic heterocycles. The summed E-state index contributed by atoms with van der Waals surface area (Å²) < 4.78 is 39.0. The van der Waals surface area contributed by atoms with Crippen LogP contribution in [0.25, 0.3) is 0 Å². The van der Waals surface area contributed by atoms with Gasteiger partial charge in [-0.2, -0.15) is 13.2 Å². The molecule has 2 N–H and O–H groups in total. The minimum Gasteiger partial charge on any atom is -0.350 e. The second-order valence-electron chi connectivity index (χ2n) is 5.71. The molecule has 3 nitrogen and oxygen atoms in total. The lowest BCUT2D eigenvalue weighted by molar-refractivity contribution is -0.137. The zero-order valence-electron chi connectivity index (χ0n) is 13.3. The molecule has 1 aliphatic rings. The van der Waals surface area contributed by atoms with Crippen molar-refractivity contribution in [2.24, 2.45) is 0 Å². The quantitative estimate of drug-likeness (QED) is 0.864. The zero-order valence-corrected chi connectivity index (χ0v) is 14.1. The standard InChI is InChI=1S/C18H17F3N2O.ClH/c19-18(20,21)15-8-4-3-7-14(15)17(24)23-11-16-13-6-2-1-5-12(13)9-10-22-16;/h1-8,16,22H,9-11H2,(H,23,24);1H. The molecule has 1 unspecified atom stereocenters. The van der Waals surface area contributed by atoms with Crippen LogP contribution in [0.4, 0.5) is 13.2 Å². The van der Waals surface area contributed by atoms with Gasteiger partial charge >= 0.3 is 6.18 Å². The van der Waals surface area contributed by atoms with E-state index in [1.807, 2.05) is 24.3 Å². The molecule has 0 fully saturated rings. The maximum Gasteiger partial charge on any atom is 0.417 e. The number of carbonyl (C=O) groups is 1. The van der Waals surface area contributed by atoms with Crippen LogP contribution in [0.15, 0.2) is 48.5 Å². The average Bonchev–Trinajstić information content (AvgIpc) is 2.59. The highest BCUT2D eigenvalue weighted by atomic mass is 35.5. The van der Waals surface area contributed by atoms with Gasteiger partial charge in [-0.15, -0.1) is 12.4 Å². The first kappa shape index (κ1) is 19.3. The number of rotatable bonds is 3. The van der Waals surface area contributed by atoms with Crippen molar-refractivity contribution in [2.75, 3.05) is 13.1 Å². The third kappa shape index (κ3) is 4.32. The number of nitrogens with one attached hydrogen (secondary N) is 2. The van der Waals surface area contributed by atoms with E-state index in [1.54, 1.807) is 0 Å². The summed E-state index contributed by atoms with van der Waals surface area (Å²) in [5.74, 6) is -0.715. The fraction of sp³-hybridized carbons (Fsp3) is 0.278. The highest BCUT2D eigenvalue weighted by Gasteiger charge is 2.35. The van der Waals surface area contributed by atoms with Gasteiger partial charge in [-0.25, -0.2) is 0 Å². The SMILES string of the molecule is Cl.O=C(NCC1NCCc2ccccc21)c1ccccc1C(F)(F)F.